The van der Waals surface area contributed by atoms with Gasteiger partial charge in [-0.25, -0.2) is 4.98 Å². The highest BCUT2D eigenvalue weighted by atomic mass is 32.2. The first-order chi connectivity index (χ1) is 8.19. The highest BCUT2D eigenvalue weighted by Crippen LogP contribution is 2.27. The van der Waals surface area contributed by atoms with Crippen molar-refractivity contribution in [3.63, 3.8) is 0 Å². The third-order valence-corrected chi connectivity index (χ3v) is 4.60. The van der Waals surface area contributed by atoms with Gasteiger partial charge in [-0.05, 0) is 37.3 Å². The van der Waals surface area contributed by atoms with E-state index in [4.69, 9.17) is 0 Å². The summed E-state index contributed by atoms with van der Waals surface area (Å²) in [5.41, 5.74) is 2.37. The molecule has 0 bridgehead atoms. The van der Waals surface area contributed by atoms with E-state index in [0.29, 0.717) is 6.04 Å². The van der Waals surface area contributed by atoms with Crippen LogP contribution in [-0.2, 0) is 0 Å². The smallest absolute Gasteiger partial charge is 0.184 e. The van der Waals surface area contributed by atoms with Crippen LogP contribution in [-0.4, -0.2) is 22.5 Å². The van der Waals surface area contributed by atoms with E-state index in [1.54, 1.807) is 11.3 Å². The maximum absolute atomic E-state index is 4.62. The number of rotatable bonds is 5. The first kappa shape index (κ1) is 12.7. The van der Waals surface area contributed by atoms with E-state index < -0.39 is 0 Å². The zero-order valence-corrected chi connectivity index (χ0v) is 12.1. The second kappa shape index (κ2) is 5.74. The largest absolute Gasteiger partial charge is 0.358 e. The van der Waals surface area contributed by atoms with Gasteiger partial charge >= 0.3 is 0 Å². The number of hydrogen-bond donors (Lipinski definition) is 1. The summed E-state index contributed by atoms with van der Waals surface area (Å²) in [6.45, 7) is 6.50. The number of aryl methyl sites for hydroxylation is 1. The minimum Gasteiger partial charge on any atom is -0.358 e. The Morgan fingerprint density at radius 3 is 3.06 bits per heavy atom. The Hall–Kier alpha value is -0.740. The summed E-state index contributed by atoms with van der Waals surface area (Å²) in [6, 6.07) is 6.91. The zero-order chi connectivity index (χ0) is 12.3. The SMILES string of the molecule is CCSCC(C)Nc1nc2cc(C)ccc2s1. The summed E-state index contributed by atoms with van der Waals surface area (Å²) in [6.07, 6.45) is 0. The third kappa shape index (κ3) is 3.36. The van der Waals surface area contributed by atoms with Crippen molar-refractivity contribution in [3.05, 3.63) is 23.8 Å². The van der Waals surface area contributed by atoms with Gasteiger partial charge in [-0.3, -0.25) is 0 Å². The van der Waals surface area contributed by atoms with Gasteiger partial charge in [0.15, 0.2) is 5.13 Å². The van der Waals surface area contributed by atoms with Gasteiger partial charge in [-0.1, -0.05) is 24.3 Å². The zero-order valence-electron chi connectivity index (χ0n) is 10.5. The molecule has 1 N–H and O–H groups in total. The number of benzene rings is 1. The second-order valence-corrected chi connectivity index (χ2v) is 6.54. The van der Waals surface area contributed by atoms with Crippen LogP contribution < -0.4 is 5.32 Å². The number of thioether (sulfide) groups is 1. The molecule has 1 heterocycles. The molecule has 1 aromatic heterocycles. The van der Waals surface area contributed by atoms with E-state index in [2.05, 4.69) is 49.3 Å². The Kier molecular flexibility index (Phi) is 4.29. The number of aromatic nitrogens is 1. The van der Waals surface area contributed by atoms with Crippen LogP contribution in [0.15, 0.2) is 18.2 Å². The lowest BCUT2D eigenvalue weighted by Gasteiger charge is -2.11. The fraction of sp³-hybridized carbons (Fsp3) is 0.462. The molecule has 92 valence electrons. The normalized spacial score (nSPS) is 12.9. The highest BCUT2D eigenvalue weighted by Gasteiger charge is 2.07. The van der Waals surface area contributed by atoms with Crippen molar-refractivity contribution in [3.8, 4) is 0 Å². The third-order valence-electron chi connectivity index (χ3n) is 2.48. The van der Waals surface area contributed by atoms with Gasteiger partial charge in [0.2, 0.25) is 0 Å². The quantitative estimate of drug-likeness (QED) is 0.879. The number of fused-ring (bicyclic) bond motifs is 1. The molecule has 1 atom stereocenters. The number of nitrogens with zero attached hydrogens (tertiary/aromatic N) is 1. The van der Waals surface area contributed by atoms with Crippen LogP contribution in [0.1, 0.15) is 19.4 Å². The van der Waals surface area contributed by atoms with Gasteiger partial charge in [0, 0.05) is 11.8 Å². The lowest BCUT2D eigenvalue weighted by molar-refractivity contribution is 0.911. The van der Waals surface area contributed by atoms with Gasteiger partial charge < -0.3 is 5.32 Å². The molecule has 1 aromatic carbocycles. The molecule has 0 aliphatic rings. The molecule has 0 saturated heterocycles. The van der Waals surface area contributed by atoms with E-state index in [0.717, 1.165) is 16.4 Å². The first-order valence-electron chi connectivity index (χ1n) is 5.90. The first-order valence-corrected chi connectivity index (χ1v) is 7.87. The van der Waals surface area contributed by atoms with Crippen LogP contribution in [0.2, 0.25) is 0 Å². The Morgan fingerprint density at radius 2 is 2.29 bits per heavy atom. The summed E-state index contributed by atoms with van der Waals surface area (Å²) < 4.78 is 1.26. The molecule has 0 amide bonds. The van der Waals surface area contributed by atoms with Crippen molar-refractivity contribution in [1.82, 2.24) is 4.98 Å². The molecule has 2 aromatic rings. The van der Waals surface area contributed by atoms with Gasteiger partial charge in [-0.2, -0.15) is 11.8 Å². The maximum atomic E-state index is 4.62. The van der Waals surface area contributed by atoms with E-state index in [1.165, 1.54) is 16.0 Å². The molecule has 0 radical (unpaired) electrons. The molecule has 2 nitrogen and oxygen atoms in total. The number of hydrogen-bond acceptors (Lipinski definition) is 4. The molecular weight excluding hydrogens is 248 g/mol. The predicted octanol–water partition coefficient (Wildman–Crippen LogP) is 4.16. The number of anilines is 1. The minimum absolute atomic E-state index is 0.474. The molecule has 2 rings (SSSR count). The Balaban J connectivity index is 2.08. The number of nitrogens with one attached hydrogen (secondary N) is 1. The van der Waals surface area contributed by atoms with Crippen LogP contribution in [0.3, 0.4) is 0 Å². The molecule has 0 aliphatic heterocycles. The van der Waals surface area contributed by atoms with Crippen molar-refractivity contribution in [2.24, 2.45) is 0 Å². The van der Waals surface area contributed by atoms with Crippen molar-refractivity contribution in [2.75, 3.05) is 16.8 Å². The van der Waals surface area contributed by atoms with Crippen LogP contribution in [0.4, 0.5) is 5.13 Å². The maximum Gasteiger partial charge on any atom is 0.184 e. The minimum atomic E-state index is 0.474. The monoisotopic (exact) mass is 266 g/mol. The molecule has 1 unspecified atom stereocenters. The average Bonchev–Trinajstić information content (AvgIpc) is 2.67. The van der Waals surface area contributed by atoms with Crippen molar-refractivity contribution >= 4 is 38.4 Å². The van der Waals surface area contributed by atoms with E-state index >= 15 is 0 Å². The molecular formula is C13H18N2S2. The lowest BCUT2D eigenvalue weighted by atomic mass is 10.2. The van der Waals surface area contributed by atoms with Crippen LogP contribution in [0.25, 0.3) is 10.2 Å². The fourth-order valence-corrected chi connectivity index (χ4v) is 3.28. The Morgan fingerprint density at radius 1 is 1.47 bits per heavy atom. The summed E-state index contributed by atoms with van der Waals surface area (Å²) >= 11 is 3.70. The summed E-state index contributed by atoms with van der Waals surface area (Å²) in [4.78, 5) is 4.62. The molecule has 4 heteroatoms. The lowest BCUT2D eigenvalue weighted by Crippen LogP contribution is -2.17. The molecule has 0 spiro atoms. The van der Waals surface area contributed by atoms with Gasteiger partial charge in [0.05, 0.1) is 10.2 Å². The van der Waals surface area contributed by atoms with E-state index in [1.807, 2.05) is 11.8 Å². The van der Waals surface area contributed by atoms with Crippen LogP contribution in [0.5, 0.6) is 0 Å². The highest BCUT2D eigenvalue weighted by molar-refractivity contribution is 7.99. The predicted molar refractivity (Wildman–Crippen MR) is 80.4 cm³/mol. The van der Waals surface area contributed by atoms with Gasteiger partial charge in [0.1, 0.15) is 0 Å². The summed E-state index contributed by atoms with van der Waals surface area (Å²) in [5, 5.41) is 4.51. The average molecular weight is 266 g/mol. The van der Waals surface area contributed by atoms with Crippen molar-refractivity contribution in [1.29, 1.82) is 0 Å². The summed E-state index contributed by atoms with van der Waals surface area (Å²) in [7, 11) is 0. The van der Waals surface area contributed by atoms with Gasteiger partial charge in [0.25, 0.3) is 0 Å². The van der Waals surface area contributed by atoms with Crippen LogP contribution >= 0.6 is 23.1 Å². The standard InChI is InChI=1S/C13H18N2S2/c1-4-16-8-10(3)14-13-15-11-7-9(2)5-6-12(11)17-13/h5-7,10H,4,8H2,1-3H3,(H,14,15). The Bertz CT molecular complexity index is 493. The Labute approximate surface area is 111 Å². The molecule has 0 aliphatic carbocycles. The topological polar surface area (TPSA) is 24.9 Å². The molecule has 0 saturated carbocycles. The second-order valence-electron chi connectivity index (χ2n) is 4.20. The van der Waals surface area contributed by atoms with Gasteiger partial charge in [-0.15, -0.1) is 0 Å². The van der Waals surface area contributed by atoms with Crippen LogP contribution in [0, 0.1) is 6.92 Å². The summed E-state index contributed by atoms with van der Waals surface area (Å²) in [5.74, 6) is 2.30. The fourth-order valence-electron chi connectivity index (χ4n) is 1.65. The van der Waals surface area contributed by atoms with Crippen molar-refractivity contribution < 1.29 is 0 Å². The number of thiazole rings is 1. The molecule has 0 fully saturated rings. The van der Waals surface area contributed by atoms with E-state index in [-0.39, 0.29) is 0 Å². The molecule has 17 heavy (non-hydrogen) atoms. The van der Waals surface area contributed by atoms with Crippen molar-refractivity contribution in [2.45, 2.75) is 26.8 Å². The van der Waals surface area contributed by atoms with E-state index in [9.17, 15) is 0 Å².